The number of hydrogen-bond donors (Lipinski definition) is 1. The van der Waals surface area contributed by atoms with E-state index in [1.807, 2.05) is 36.4 Å². The molecule has 0 spiro atoms. The SMILES string of the molecule is CN(C)C(=O)Cc1ccccc1I.Cc1cccc(CCC(N)=O)c1C. The Morgan fingerprint density at radius 1 is 1.00 bits per heavy atom. The number of nitrogens with two attached hydrogens (primary N) is 1. The molecule has 0 aliphatic carbocycles. The molecule has 0 radical (unpaired) electrons. The molecule has 2 aromatic carbocycles. The number of nitrogens with zero attached hydrogens (tertiary/aromatic N) is 1. The van der Waals surface area contributed by atoms with Crippen LogP contribution in [0.5, 0.6) is 0 Å². The van der Waals surface area contributed by atoms with Crippen molar-refractivity contribution in [2.75, 3.05) is 14.1 Å². The molecule has 2 N–H and O–H groups in total. The first kappa shape index (κ1) is 22.2. The number of carbonyl (C=O) groups is 2. The summed E-state index contributed by atoms with van der Waals surface area (Å²) >= 11 is 2.25. The summed E-state index contributed by atoms with van der Waals surface area (Å²) in [5, 5.41) is 0. The Kier molecular flexibility index (Phi) is 9.34. The summed E-state index contributed by atoms with van der Waals surface area (Å²) in [5.74, 6) is -0.0926. The van der Waals surface area contributed by atoms with Crippen molar-refractivity contribution in [3.63, 3.8) is 0 Å². The van der Waals surface area contributed by atoms with Crippen molar-refractivity contribution in [2.24, 2.45) is 5.73 Å². The summed E-state index contributed by atoms with van der Waals surface area (Å²) in [6.45, 7) is 4.15. The molecule has 5 heteroatoms. The molecule has 2 rings (SSSR count). The highest BCUT2D eigenvalue weighted by molar-refractivity contribution is 14.1. The molecule has 0 saturated heterocycles. The Bertz CT molecular complexity index is 757. The van der Waals surface area contributed by atoms with Crippen LogP contribution >= 0.6 is 22.6 Å². The summed E-state index contributed by atoms with van der Waals surface area (Å²) in [6, 6.07) is 14.1. The van der Waals surface area contributed by atoms with Crippen LogP contribution in [0.3, 0.4) is 0 Å². The molecule has 0 aliphatic rings. The first-order valence-corrected chi connectivity index (χ1v) is 9.57. The average molecular weight is 466 g/mol. The van der Waals surface area contributed by atoms with Crippen LogP contribution in [-0.2, 0) is 22.4 Å². The Balaban J connectivity index is 0.000000260. The van der Waals surface area contributed by atoms with Crippen LogP contribution in [0.15, 0.2) is 42.5 Å². The topological polar surface area (TPSA) is 63.4 Å². The fourth-order valence-electron chi connectivity index (χ4n) is 2.30. The lowest BCUT2D eigenvalue weighted by molar-refractivity contribution is -0.128. The monoisotopic (exact) mass is 466 g/mol. The molecular formula is C21H27IN2O2. The number of amides is 2. The first-order valence-electron chi connectivity index (χ1n) is 8.49. The molecule has 4 nitrogen and oxygen atoms in total. The van der Waals surface area contributed by atoms with Gasteiger partial charge in [-0.1, -0.05) is 36.4 Å². The van der Waals surface area contributed by atoms with Crippen molar-refractivity contribution in [3.8, 4) is 0 Å². The zero-order valence-electron chi connectivity index (χ0n) is 15.9. The van der Waals surface area contributed by atoms with Crippen LogP contribution in [0.1, 0.15) is 28.7 Å². The van der Waals surface area contributed by atoms with Crippen LogP contribution in [0.2, 0.25) is 0 Å². The minimum Gasteiger partial charge on any atom is -0.370 e. The fourth-order valence-corrected chi connectivity index (χ4v) is 2.88. The molecular weight excluding hydrogens is 439 g/mol. The number of rotatable bonds is 5. The van der Waals surface area contributed by atoms with Gasteiger partial charge < -0.3 is 10.6 Å². The molecule has 2 aromatic rings. The quantitative estimate of drug-likeness (QED) is 0.684. The third-order valence-corrected chi connectivity index (χ3v) is 5.21. The second kappa shape index (κ2) is 11.0. The van der Waals surface area contributed by atoms with Crippen LogP contribution in [0, 0.1) is 17.4 Å². The zero-order valence-corrected chi connectivity index (χ0v) is 18.0. The lowest BCUT2D eigenvalue weighted by Gasteiger charge is -2.10. The molecule has 0 heterocycles. The maximum atomic E-state index is 11.4. The second-order valence-corrected chi connectivity index (χ2v) is 7.54. The Labute approximate surface area is 169 Å². The third-order valence-electron chi connectivity index (χ3n) is 4.16. The number of carbonyl (C=O) groups excluding carboxylic acids is 2. The average Bonchev–Trinajstić information content (AvgIpc) is 2.58. The highest BCUT2D eigenvalue weighted by atomic mass is 127. The summed E-state index contributed by atoms with van der Waals surface area (Å²) in [7, 11) is 3.55. The lowest BCUT2D eigenvalue weighted by atomic mass is 10.00. The van der Waals surface area contributed by atoms with Gasteiger partial charge in [-0.05, 0) is 71.2 Å². The van der Waals surface area contributed by atoms with Crippen molar-refractivity contribution < 1.29 is 9.59 Å². The smallest absolute Gasteiger partial charge is 0.226 e. The molecule has 2 amide bonds. The van der Waals surface area contributed by atoms with Gasteiger partial charge in [0.25, 0.3) is 0 Å². The highest BCUT2D eigenvalue weighted by Gasteiger charge is 2.07. The number of likely N-dealkylation sites (N-methyl/N-ethyl adjacent to an activating group) is 1. The lowest BCUT2D eigenvalue weighted by Crippen LogP contribution is -2.23. The van der Waals surface area contributed by atoms with E-state index in [1.165, 1.54) is 16.7 Å². The summed E-state index contributed by atoms with van der Waals surface area (Å²) in [5.41, 5.74) is 9.94. The number of hydrogen-bond acceptors (Lipinski definition) is 2. The van der Waals surface area contributed by atoms with E-state index in [0.29, 0.717) is 12.8 Å². The predicted molar refractivity (Wildman–Crippen MR) is 115 cm³/mol. The van der Waals surface area contributed by atoms with E-state index in [0.717, 1.165) is 15.6 Å². The van der Waals surface area contributed by atoms with Crippen molar-refractivity contribution in [1.82, 2.24) is 4.90 Å². The van der Waals surface area contributed by atoms with E-state index in [4.69, 9.17) is 5.73 Å². The van der Waals surface area contributed by atoms with E-state index < -0.39 is 0 Å². The highest BCUT2D eigenvalue weighted by Crippen LogP contribution is 2.14. The summed E-state index contributed by atoms with van der Waals surface area (Å²) < 4.78 is 1.15. The van der Waals surface area contributed by atoms with E-state index in [-0.39, 0.29) is 11.8 Å². The molecule has 140 valence electrons. The minimum atomic E-state index is -0.235. The predicted octanol–water partition coefficient (Wildman–Crippen LogP) is 3.64. The van der Waals surface area contributed by atoms with E-state index in [2.05, 4.69) is 42.5 Å². The van der Waals surface area contributed by atoms with Gasteiger partial charge in [-0.25, -0.2) is 0 Å². The fraction of sp³-hybridized carbons (Fsp3) is 0.333. The van der Waals surface area contributed by atoms with Gasteiger partial charge in [-0.2, -0.15) is 0 Å². The maximum absolute atomic E-state index is 11.4. The maximum Gasteiger partial charge on any atom is 0.226 e. The molecule has 0 unspecified atom stereocenters. The molecule has 0 atom stereocenters. The Morgan fingerprint density at radius 2 is 1.62 bits per heavy atom. The number of aryl methyl sites for hydroxylation is 2. The molecule has 0 bridgehead atoms. The normalized spacial score (nSPS) is 9.88. The number of primary amides is 1. The van der Waals surface area contributed by atoms with Crippen LogP contribution in [0.4, 0.5) is 0 Å². The number of halogens is 1. The van der Waals surface area contributed by atoms with Gasteiger partial charge in [0.15, 0.2) is 0 Å². The summed E-state index contributed by atoms with van der Waals surface area (Å²) in [6.07, 6.45) is 1.68. The Morgan fingerprint density at radius 3 is 2.19 bits per heavy atom. The van der Waals surface area contributed by atoms with Gasteiger partial charge in [0.1, 0.15) is 0 Å². The van der Waals surface area contributed by atoms with E-state index in [1.54, 1.807) is 19.0 Å². The van der Waals surface area contributed by atoms with Crippen molar-refractivity contribution >= 4 is 34.4 Å². The first-order chi connectivity index (χ1) is 12.2. The Hall–Kier alpha value is -1.89. The molecule has 26 heavy (non-hydrogen) atoms. The molecule has 0 saturated carbocycles. The van der Waals surface area contributed by atoms with Gasteiger partial charge in [-0.15, -0.1) is 0 Å². The van der Waals surface area contributed by atoms with Crippen molar-refractivity contribution in [1.29, 1.82) is 0 Å². The van der Waals surface area contributed by atoms with Crippen molar-refractivity contribution in [3.05, 3.63) is 68.3 Å². The van der Waals surface area contributed by atoms with Gasteiger partial charge >= 0.3 is 0 Å². The van der Waals surface area contributed by atoms with Gasteiger partial charge in [-0.3, -0.25) is 9.59 Å². The molecule has 0 fully saturated rings. The van der Waals surface area contributed by atoms with Crippen LogP contribution in [-0.4, -0.2) is 30.8 Å². The second-order valence-electron chi connectivity index (χ2n) is 6.38. The van der Waals surface area contributed by atoms with Crippen LogP contribution in [0.25, 0.3) is 0 Å². The van der Waals surface area contributed by atoms with Crippen LogP contribution < -0.4 is 5.73 Å². The zero-order chi connectivity index (χ0) is 19.7. The number of benzene rings is 2. The standard InChI is InChI=1S/C11H15NO.C10H12INO/c1-8-4-3-5-10(9(8)2)6-7-11(12)13;1-12(2)10(13)7-8-5-3-4-6-9(8)11/h3-5H,6-7H2,1-2H3,(H2,12,13);3-6H,7H2,1-2H3. The minimum absolute atomic E-state index is 0.143. The van der Waals surface area contributed by atoms with Gasteiger partial charge in [0.2, 0.25) is 11.8 Å². The largest absolute Gasteiger partial charge is 0.370 e. The van der Waals surface area contributed by atoms with Crippen molar-refractivity contribution in [2.45, 2.75) is 33.1 Å². The van der Waals surface area contributed by atoms with Gasteiger partial charge in [0, 0.05) is 24.1 Å². The van der Waals surface area contributed by atoms with Gasteiger partial charge in [0.05, 0.1) is 6.42 Å². The molecule has 0 aromatic heterocycles. The third kappa shape index (κ3) is 7.56. The molecule has 0 aliphatic heterocycles. The summed E-state index contributed by atoms with van der Waals surface area (Å²) in [4.78, 5) is 23.6. The van der Waals surface area contributed by atoms with E-state index in [9.17, 15) is 9.59 Å². The van der Waals surface area contributed by atoms with E-state index >= 15 is 0 Å².